The van der Waals surface area contributed by atoms with Crippen LogP contribution in [0, 0.1) is 12.8 Å². The zero-order valence-electron chi connectivity index (χ0n) is 17.0. The number of rotatable bonds is 4. The lowest BCUT2D eigenvalue weighted by Crippen LogP contribution is -2.53. The van der Waals surface area contributed by atoms with Crippen LogP contribution in [0.15, 0.2) is 42.9 Å². The van der Waals surface area contributed by atoms with E-state index >= 15 is 0 Å². The molecule has 2 fully saturated rings. The van der Waals surface area contributed by atoms with Crippen molar-refractivity contribution in [2.45, 2.75) is 32.5 Å². The van der Waals surface area contributed by atoms with Crippen LogP contribution in [-0.4, -0.2) is 69.2 Å². The Morgan fingerprint density at radius 1 is 1.14 bits per heavy atom. The third kappa shape index (κ3) is 4.29. The van der Waals surface area contributed by atoms with Gasteiger partial charge in [0.25, 0.3) is 0 Å². The van der Waals surface area contributed by atoms with Gasteiger partial charge in [0.2, 0.25) is 11.8 Å². The second-order valence-electron chi connectivity index (χ2n) is 8.08. The van der Waals surface area contributed by atoms with Gasteiger partial charge < -0.3 is 9.80 Å². The molecule has 0 aromatic carbocycles. The van der Waals surface area contributed by atoms with Gasteiger partial charge >= 0.3 is 0 Å². The Hall–Kier alpha value is -2.80. The van der Waals surface area contributed by atoms with Gasteiger partial charge in [-0.1, -0.05) is 12.1 Å². The maximum absolute atomic E-state index is 13.4. The first kappa shape index (κ1) is 19.5. The first-order chi connectivity index (χ1) is 14.0. The Kier molecular flexibility index (Phi) is 5.58. The molecule has 2 aliphatic rings. The minimum atomic E-state index is -0.220. The predicted molar refractivity (Wildman–Crippen MR) is 109 cm³/mol. The minimum Gasteiger partial charge on any atom is -0.340 e. The molecule has 0 N–H and O–H groups in total. The number of aromatic nitrogens is 2. The van der Waals surface area contributed by atoms with E-state index in [-0.39, 0.29) is 30.3 Å². The average Bonchev–Trinajstić information content (AvgIpc) is 2.82. The molecule has 2 atom stereocenters. The Balaban J connectivity index is 1.52. The first-order valence-electron chi connectivity index (χ1n) is 10.1. The van der Waals surface area contributed by atoms with E-state index in [1.54, 1.807) is 22.2 Å². The van der Waals surface area contributed by atoms with Crippen molar-refractivity contribution < 1.29 is 9.59 Å². The summed E-state index contributed by atoms with van der Waals surface area (Å²) in [5.74, 6) is -0.163. The SMILES string of the molecule is Cc1ccc(CN2CC[C@@H]3[C@H](C2)C(=O)N(Cc2cccnc2)CC(=O)N3C)nc1. The van der Waals surface area contributed by atoms with Gasteiger partial charge in [-0.2, -0.15) is 0 Å². The fourth-order valence-electron chi connectivity index (χ4n) is 4.30. The molecule has 2 aliphatic heterocycles. The van der Waals surface area contributed by atoms with E-state index in [0.717, 1.165) is 36.3 Å². The van der Waals surface area contributed by atoms with Gasteiger partial charge in [0.05, 0.1) is 11.6 Å². The molecule has 4 heterocycles. The van der Waals surface area contributed by atoms with Crippen LogP contribution in [-0.2, 0) is 22.7 Å². The zero-order valence-corrected chi connectivity index (χ0v) is 17.0. The second kappa shape index (κ2) is 8.29. The molecule has 2 saturated heterocycles. The van der Waals surface area contributed by atoms with Crippen molar-refractivity contribution >= 4 is 11.8 Å². The van der Waals surface area contributed by atoms with Crippen LogP contribution >= 0.6 is 0 Å². The summed E-state index contributed by atoms with van der Waals surface area (Å²) in [5, 5.41) is 0. The Morgan fingerprint density at radius 3 is 2.72 bits per heavy atom. The molecule has 2 amide bonds. The van der Waals surface area contributed by atoms with Crippen molar-refractivity contribution in [2.75, 3.05) is 26.7 Å². The summed E-state index contributed by atoms with van der Waals surface area (Å²) in [6.07, 6.45) is 6.13. The van der Waals surface area contributed by atoms with Crippen molar-refractivity contribution in [2.24, 2.45) is 5.92 Å². The highest BCUT2D eigenvalue weighted by Gasteiger charge is 2.43. The van der Waals surface area contributed by atoms with E-state index in [9.17, 15) is 9.59 Å². The number of carbonyl (C=O) groups is 2. The lowest BCUT2D eigenvalue weighted by Gasteiger charge is -2.40. The number of fused-ring (bicyclic) bond motifs is 1. The van der Waals surface area contributed by atoms with Gasteiger partial charge in [-0.15, -0.1) is 0 Å². The highest BCUT2D eigenvalue weighted by molar-refractivity contribution is 5.89. The van der Waals surface area contributed by atoms with Crippen LogP contribution in [0.2, 0.25) is 0 Å². The quantitative estimate of drug-likeness (QED) is 0.787. The number of piperidine rings is 1. The summed E-state index contributed by atoms with van der Waals surface area (Å²) in [6.45, 7) is 4.77. The van der Waals surface area contributed by atoms with Crippen LogP contribution in [0.4, 0.5) is 0 Å². The maximum Gasteiger partial charge on any atom is 0.242 e. The number of amides is 2. The number of hydrogen-bond acceptors (Lipinski definition) is 5. The molecule has 0 bridgehead atoms. The van der Waals surface area contributed by atoms with Crippen LogP contribution in [0.1, 0.15) is 23.2 Å². The highest BCUT2D eigenvalue weighted by atomic mass is 16.2. The van der Waals surface area contributed by atoms with Gasteiger partial charge in [-0.3, -0.25) is 24.5 Å². The molecule has 0 unspecified atom stereocenters. The molecular formula is C22H27N5O2. The predicted octanol–water partition coefficient (Wildman–Crippen LogP) is 1.48. The first-order valence-corrected chi connectivity index (χ1v) is 10.1. The molecule has 0 spiro atoms. The summed E-state index contributed by atoms with van der Waals surface area (Å²) < 4.78 is 0. The largest absolute Gasteiger partial charge is 0.340 e. The van der Waals surface area contributed by atoms with E-state index < -0.39 is 0 Å². The summed E-state index contributed by atoms with van der Waals surface area (Å²) >= 11 is 0. The molecule has 7 nitrogen and oxygen atoms in total. The molecule has 0 radical (unpaired) electrons. The normalized spacial score (nSPS) is 23.1. The van der Waals surface area contributed by atoms with Crippen molar-refractivity contribution in [1.29, 1.82) is 0 Å². The molecule has 152 valence electrons. The van der Waals surface area contributed by atoms with Crippen LogP contribution in [0.5, 0.6) is 0 Å². The number of likely N-dealkylation sites (N-methyl/N-ethyl adjacent to an activating group) is 1. The van der Waals surface area contributed by atoms with Crippen LogP contribution < -0.4 is 0 Å². The smallest absolute Gasteiger partial charge is 0.242 e. The number of aryl methyl sites for hydroxylation is 1. The van der Waals surface area contributed by atoms with Crippen LogP contribution in [0.3, 0.4) is 0 Å². The zero-order chi connectivity index (χ0) is 20.4. The number of likely N-dealkylation sites (tertiary alicyclic amines) is 1. The van der Waals surface area contributed by atoms with E-state index in [1.165, 1.54) is 0 Å². The van der Waals surface area contributed by atoms with Crippen molar-refractivity contribution in [3.63, 3.8) is 0 Å². The van der Waals surface area contributed by atoms with E-state index in [2.05, 4.69) is 20.9 Å². The van der Waals surface area contributed by atoms with E-state index in [1.807, 2.05) is 38.4 Å². The van der Waals surface area contributed by atoms with E-state index in [4.69, 9.17) is 0 Å². The summed E-state index contributed by atoms with van der Waals surface area (Å²) in [7, 11) is 1.83. The highest BCUT2D eigenvalue weighted by Crippen LogP contribution is 2.28. The van der Waals surface area contributed by atoms with Gasteiger partial charge in [-0.25, -0.2) is 0 Å². The topological polar surface area (TPSA) is 69.6 Å². The molecular weight excluding hydrogens is 366 g/mol. The lowest BCUT2D eigenvalue weighted by molar-refractivity contribution is -0.139. The number of hydrogen-bond donors (Lipinski definition) is 0. The minimum absolute atomic E-state index is 0.00314. The van der Waals surface area contributed by atoms with E-state index in [0.29, 0.717) is 13.1 Å². The van der Waals surface area contributed by atoms with Crippen molar-refractivity contribution in [3.8, 4) is 0 Å². The van der Waals surface area contributed by atoms with Crippen molar-refractivity contribution in [1.82, 2.24) is 24.7 Å². The fourth-order valence-corrected chi connectivity index (χ4v) is 4.30. The number of nitrogens with zero attached hydrogens (tertiary/aromatic N) is 5. The lowest BCUT2D eigenvalue weighted by atomic mass is 9.90. The molecule has 0 aliphatic carbocycles. The van der Waals surface area contributed by atoms with Gasteiger partial charge in [0.1, 0.15) is 6.54 Å². The third-order valence-electron chi connectivity index (χ3n) is 5.96. The molecule has 0 saturated carbocycles. The van der Waals surface area contributed by atoms with Gasteiger partial charge in [0.15, 0.2) is 0 Å². The monoisotopic (exact) mass is 393 g/mol. The summed E-state index contributed by atoms with van der Waals surface area (Å²) in [4.78, 5) is 40.5. The summed E-state index contributed by atoms with van der Waals surface area (Å²) in [5.41, 5.74) is 3.08. The fraction of sp³-hybridized carbons (Fsp3) is 0.455. The van der Waals surface area contributed by atoms with Gasteiger partial charge in [-0.05, 0) is 36.6 Å². The molecule has 29 heavy (non-hydrogen) atoms. The molecule has 2 aromatic rings. The molecule has 2 aromatic heterocycles. The molecule has 4 rings (SSSR count). The average molecular weight is 393 g/mol. The maximum atomic E-state index is 13.4. The standard InChI is InChI=1S/C22H27N5O2/c1-16-5-6-18(24-10-16)13-26-9-7-20-19(14-26)22(29)27(15-21(28)25(20)2)12-17-4-3-8-23-11-17/h3-6,8,10-11,19-20H,7,9,12-15H2,1-2H3/t19-,20+/m0/s1. The van der Waals surface area contributed by atoms with Crippen molar-refractivity contribution in [3.05, 3.63) is 59.7 Å². The number of pyridine rings is 2. The van der Waals surface area contributed by atoms with Gasteiger partial charge in [0, 0.05) is 57.9 Å². The third-order valence-corrected chi connectivity index (χ3v) is 5.96. The Labute approximate surface area is 171 Å². The Bertz CT molecular complexity index is 871. The summed E-state index contributed by atoms with van der Waals surface area (Å²) in [6, 6.07) is 7.85. The second-order valence-corrected chi connectivity index (χ2v) is 8.08. The Morgan fingerprint density at radius 2 is 2.00 bits per heavy atom. The molecule has 7 heteroatoms. The van der Waals surface area contributed by atoms with Crippen LogP contribution in [0.25, 0.3) is 0 Å². The number of carbonyl (C=O) groups excluding carboxylic acids is 2.